The summed E-state index contributed by atoms with van der Waals surface area (Å²) in [4.78, 5) is 27.6. The molecule has 0 spiro atoms. The average Bonchev–Trinajstić information content (AvgIpc) is 3.25. The molecule has 1 fully saturated rings. The number of nitrogens with one attached hydrogen (secondary N) is 1. The van der Waals surface area contributed by atoms with Gasteiger partial charge in [-0.05, 0) is 50.8 Å². The Labute approximate surface area is 179 Å². The van der Waals surface area contributed by atoms with Crippen molar-refractivity contribution in [2.45, 2.75) is 65.1 Å². The van der Waals surface area contributed by atoms with E-state index >= 15 is 0 Å². The SMILES string of the molecule is Cc1ccc(CN(C(=O)COc2ccccc2C)[C@H](C)C(=O)NC2CCCC2)cc1. The van der Waals surface area contributed by atoms with E-state index in [2.05, 4.69) is 5.32 Å². The molecule has 30 heavy (non-hydrogen) atoms. The van der Waals surface area contributed by atoms with Crippen LogP contribution in [0.3, 0.4) is 0 Å². The highest BCUT2D eigenvalue weighted by Crippen LogP contribution is 2.19. The van der Waals surface area contributed by atoms with Crippen LogP contribution in [0.4, 0.5) is 0 Å². The Morgan fingerprint density at radius 2 is 1.73 bits per heavy atom. The van der Waals surface area contributed by atoms with Gasteiger partial charge in [0.1, 0.15) is 11.8 Å². The minimum atomic E-state index is -0.570. The van der Waals surface area contributed by atoms with Crippen LogP contribution < -0.4 is 10.1 Å². The molecule has 2 aromatic carbocycles. The van der Waals surface area contributed by atoms with Crippen LogP contribution in [-0.2, 0) is 16.1 Å². The number of hydrogen-bond acceptors (Lipinski definition) is 3. The van der Waals surface area contributed by atoms with Crippen molar-refractivity contribution in [2.75, 3.05) is 6.61 Å². The average molecular weight is 409 g/mol. The lowest BCUT2D eigenvalue weighted by atomic mass is 10.1. The first-order chi connectivity index (χ1) is 14.4. The van der Waals surface area contributed by atoms with E-state index in [1.807, 2.05) is 62.4 Å². The predicted molar refractivity (Wildman–Crippen MR) is 118 cm³/mol. The fourth-order valence-corrected chi connectivity index (χ4v) is 3.81. The van der Waals surface area contributed by atoms with Crippen molar-refractivity contribution in [3.8, 4) is 5.75 Å². The summed E-state index contributed by atoms with van der Waals surface area (Å²) in [5.74, 6) is 0.385. The third-order valence-corrected chi connectivity index (χ3v) is 5.79. The maximum atomic E-state index is 13.1. The van der Waals surface area contributed by atoms with Crippen LogP contribution in [0.25, 0.3) is 0 Å². The summed E-state index contributed by atoms with van der Waals surface area (Å²) in [6.07, 6.45) is 4.33. The van der Waals surface area contributed by atoms with E-state index in [1.54, 1.807) is 11.8 Å². The molecule has 1 atom stereocenters. The topological polar surface area (TPSA) is 58.6 Å². The number of ether oxygens (including phenoxy) is 1. The summed E-state index contributed by atoms with van der Waals surface area (Å²) < 4.78 is 5.78. The molecule has 1 aliphatic carbocycles. The van der Waals surface area contributed by atoms with Crippen molar-refractivity contribution < 1.29 is 14.3 Å². The second kappa shape index (κ2) is 10.3. The molecule has 2 amide bonds. The molecule has 1 N–H and O–H groups in total. The minimum absolute atomic E-state index is 0.0988. The van der Waals surface area contributed by atoms with E-state index in [9.17, 15) is 9.59 Å². The quantitative estimate of drug-likeness (QED) is 0.714. The second-order valence-electron chi connectivity index (χ2n) is 8.23. The third-order valence-electron chi connectivity index (χ3n) is 5.79. The van der Waals surface area contributed by atoms with E-state index in [1.165, 1.54) is 0 Å². The predicted octanol–water partition coefficient (Wildman–Crippen LogP) is 4.16. The fraction of sp³-hybridized carbons (Fsp3) is 0.440. The molecule has 2 aromatic rings. The number of benzene rings is 2. The van der Waals surface area contributed by atoms with Crippen LogP contribution >= 0.6 is 0 Å². The Balaban J connectivity index is 1.71. The lowest BCUT2D eigenvalue weighted by molar-refractivity contribution is -0.142. The van der Waals surface area contributed by atoms with E-state index in [4.69, 9.17) is 4.74 Å². The molecule has 5 heteroatoms. The number of amides is 2. The molecule has 1 saturated carbocycles. The molecular weight excluding hydrogens is 376 g/mol. The molecule has 160 valence electrons. The lowest BCUT2D eigenvalue weighted by Crippen LogP contribution is -2.50. The standard InChI is InChI=1S/C25H32N2O3/c1-18-12-14-21(15-13-18)16-27(20(3)25(29)26-22-9-5-6-10-22)24(28)17-30-23-11-7-4-8-19(23)2/h4,7-8,11-15,20,22H,5-6,9-10,16-17H2,1-3H3,(H,26,29)/t20-/m1/s1. The van der Waals surface area contributed by atoms with E-state index in [0.717, 1.165) is 42.4 Å². The zero-order chi connectivity index (χ0) is 21.5. The van der Waals surface area contributed by atoms with Gasteiger partial charge in [0.15, 0.2) is 6.61 Å². The van der Waals surface area contributed by atoms with Gasteiger partial charge in [-0.3, -0.25) is 9.59 Å². The van der Waals surface area contributed by atoms with Crippen molar-refractivity contribution in [2.24, 2.45) is 0 Å². The van der Waals surface area contributed by atoms with Gasteiger partial charge in [-0.1, -0.05) is 60.9 Å². The summed E-state index contributed by atoms with van der Waals surface area (Å²) in [5, 5.41) is 3.12. The summed E-state index contributed by atoms with van der Waals surface area (Å²) in [5.41, 5.74) is 3.12. The number of hydrogen-bond donors (Lipinski definition) is 1. The summed E-state index contributed by atoms with van der Waals surface area (Å²) in [6.45, 7) is 6.04. The first kappa shape index (κ1) is 21.9. The number of rotatable bonds is 8. The molecule has 0 aliphatic heterocycles. The molecule has 5 nitrogen and oxygen atoms in total. The molecule has 0 unspecified atom stereocenters. The first-order valence-electron chi connectivity index (χ1n) is 10.8. The van der Waals surface area contributed by atoms with Crippen molar-refractivity contribution in [1.82, 2.24) is 10.2 Å². The molecule has 0 radical (unpaired) electrons. The second-order valence-corrected chi connectivity index (χ2v) is 8.23. The van der Waals surface area contributed by atoms with Gasteiger partial charge in [0.2, 0.25) is 5.91 Å². The van der Waals surface area contributed by atoms with Gasteiger partial charge in [0.05, 0.1) is 0 Å². The Morgan fingerprint density at radius 3 is 2.40 bits per heavy atom. The number of para-hydroxylation sites is 1. The smallest absolute Gasteiger partial charge is 0.261 e. The highest BCUT2D eigenvalue weighted by molar-refractivity contribution is 5.88. The van der Waals surface area contributed by atoms with E-state index in [0.29, 0.717) is 12.3 Å². The minimum Gasteiger partial charge on any atom is -0.484 e. The van der Waals surface area contributed by atoms with Crippen molar-refractivity contribution >= 4 is 11.8 Å². The van der Waals surface area contributed by atoms with Gasteiger partial charge >= 0.3 is 0 Å². The third kappa shape index (κ3) is 5.85. The zero-order valence-electron chi connectivity index (χ0n) is 18.2. The number of nitrogens with zero attached hydrogens (tertiary/aromatic N) is 1. The highest BCUT2D eigenvalue weighted by Gasteiger charge is 2.28. The number of carbonyl (C=O) groups is 2. The molecule has 0 aromatic heterocycles. The van der Waals surface area contributed by atoms with Crippen LogP contribution in [0.1, 0.15) is 49.3 Å². The van der Waals surface area contributed by atoms with E-state index < -0.39 is 6.04 Å². The summed E-state index contributed by atoms with van der Waals surface area (Å²) >= 11 is 0. The molecule has 0 heterocycles. The maximum Gasteiger partial charge on any atom is 0.261 e. The summed E-state index contributed by atoms with van der Waals surface area (Å²) in [7, 11) is 0. The van der Waals surface area contributed by atoms with Gasteiger partial charge in [-0.15, -0.1) is 0 Å². The summed E-state index contributed by atoms with van der Waals surface area (Å²) in [6, 6.07) is 15.3. The number of carbonyl (C=O) groups excluding carboxylic acids is 2. The van der Waals surface area contributed by atoms with Gasteiger partial charge in [-0.2, -0.15) is 0 Å². The van der Waals surface area contributed by atoms with Crippen LogP contribution in [0.2, 0.25) is 0 Å². The van der Waals surface area contributed by atoms with Crippen LogP contribution in [0.15, 0.2) is 48.5 Å². The Hall–Kier alpha value is -2.82. The first-order valence-corrected chi connectivity index (χ1v) is 10.8. The molecule has 0 saturated heterocycles. The zero-order valence-corrected chi connectivity index (χ0v) is 18.2. The van der Waals surface area contributed by atoms with Gasteiger partial charge < -0.3 is 15.0 Å². The van der Waals surface area contributed by atoms with Crippen molar-refractivity contribution in [1.29, 1.82) is 0 Å². The Kier molecular flexibility index (Phi) is 7.50. The number of aryl methyl sites for hydroxylation is 2. The molecule has 3 rings (SSSR count). The normalized spacial score (nSPS) is 14.9. The fourth-order valence-electron chi connectivity index (χ4n) is 3.81. The van der Waals surface area contributed by atoms with Crippen LogP contribution in [0.5, 0.6) is 5.75 Å². The van der Waals surface area contributed by atoms with Crippen molar-refractivity contribution in [3.05, 3.63) is 65.2 Å². The Bertz CT molecular complexity index is 857. The highest BCUT2D eigenvalue weighted by atomic mass is 16.5. The van der Waals surface area contributed by atoms with Crippen molar-refractivity contribution in [3.63, 3.8) is 0 Å². The van der Waals surface area contributed by atoms with Gasteiger partial charge in [-0.25, -0.2) is 0 Å². The van der Waals surface area contributed by atoms with Gasteiger partial charge in [0, 0.05) is 12.6 Å². The lowest BCUT2D eigenvalue weighted by Gasteiger charge is -2.29. The van der Waals surface area contributed by atoms with E-state index in [-0.39, 0.29) is 24.5 Å². The van der Waals surface area contributed by atoms with Crippen LogP contribution in [0, 0.1) is 13.8 Å². The van der Waals surface area contributed by atoms with Gasteiger partial charge in [0.25, 0.3) is 5.91 Å². The largest absolute Gasteiger partial charge is 0.484 e. The Morgan fingerprint density at radius 1 is 1.07 bits per heavy atom. The van der Waals surface area contributed by atoms with Crippen LogP contribution in [-0.4, -0.2) is 35.4 Å². The molecule has 0 bridgehead atoms. The monoisotopic (exact) mass is 408 g/mol. The molecule has 1 aliphatic rings. The maximum absolute atomic E-state index is 13.1. The molecular formula is C25H32N2O3.